The number of imide groups is 1. The zero-order chi connectivity index (χ0) is 17.6. The van der Waals surface area contributed by atoms with Gasteiger partial charge in [-0.1, -0.05) is 41.9 Å². The minimum atomic E-state index is -0.784. The van der Waals surface area contributed by atoms with E-state index in [0.717, 1.165) is 11.3 Å². The molecule has 0 unspecified atom stereocenters. The Kier molecular flexibility index (Phi) is 3.98. The highest BCUT2D eigenvalue weighted by molar-refractivity contribution is 6.30. The standard InChI is InChI=1S/C19H17ClN2O3/c1-2-21-18(23)15-16(12-6-4-3-5-7-12)22(25-17(15)19(21)24)14-10-8-13(20)9-11-14/h3-11,15-17H,2H2,1H3/t15-,16+,17+/m0/s1. The second kappa shape index (κ2) is 6.17. The van der Waals surface area contributed by atoms with Gasteiger partial charge in [-0.15, -0.1) is 0 Å². The predicted octanol–water partition coefficient (Wildman–Crippen LogP) is 3.21. The predicted molar refractivity (Wildman–Crippen MR) is 93.9 cm³/mol. The second-order valence-corrected chi connectivity index (χ2v) is 6.57. The Hall–Kier alpha value is -2.37. The molecule has 2 aliphatic heterocycles. The third kappa shape index (κ3) is 2.51. The molecule has 5 nitrogen and oxygen atoms in total. The van der Waals surface area contributed by atoms with Gasteiger partial charge in [-0.3, -0.25) is 19.3 Å². The van der Waals surface area contributed by atoms with E-state index in [4.69, 9.17) is 16.4 Å². The van der Waals surface area contributed by atoms with Crippen molar-refractivity contribution in [2.24, 2.45) is 5.92 Å². The number of carbonyl (C=O) groups is 2. The van der Waals surface area contributed by atoms with Crippen molar-refractivity contribution in [3.05, 3.63) is 65.2 Å². The number of hydroxylamine groups is 1. The van der Waals surface area contributed by atoms with E-state index in [9.17, 15) is 9.59 Å². The molecule has 4 rings (SSSR count). The Labute approximate surface area is 150 Å². The molecular weight excluding hydrogens is 340 g/mol. The van der Waals surface area contributed by atoms with Gasteiger partial charge in [0.2, 0.25) is 5.91 Å². The highest BCUT2D eigenvalue weighted by Crippen LogP contribution is 2.46. The van der Waals surface area contributed by atoms with Crippen LogP contribution in [0.2, 0.25) is 5.02 Å². The lowest BCUT2D eigenvalue weighted by Gasteiger charge is -2.28. The van der Waals surface area contributed by atoms with Gasteiger partial charge in [0.05, 0.1) is 11.7 Å². The number of likely N-dealkylation sites (N-methyl/N-ethyl adjacent to an activating group) is 1. The number of halogens is 1. The quantitative estimate of drug-likeness (QED) is 0.792. The van der Waals surface area contributed by atoms with Crippen LogP contribution in [0.4, 0.5) is 5.69 Å². The molecule has 2 amide bonds. The van der Waals surface area contributed by atoms with Crippen LogP contribution in [-0.4, -0.2) is 29.4 Å². The summed E-state index contributed by atoms with van der Waals surface area (Å²) in [5.74, 6) is -0.997. The summed E-state index contributed by atoms with van der Waals surface area (Å²) in [6.45, 7) is 2.15. The summed E-state index contributed by atoms with van der Waals surface area (Å²) in [5.41, 5.74) is 1.69. The summed E-state index contributed by atoms with van der Waals surface area (Å²) in [6.07, 6.45) is -0.784. The molecule has 0 saturated carbocycles. The summed E-state index contributed by atoms with van der Waals surface area (Å²) in [7, 11) is 0. The van der Waals surface area contributed by atoms with Gasteiger partial charge in [0.15, 0.2) is 6.10 Å². The van der Waals surface area contributed by atoms with Gasteiger partial charge >= 0.3 is 0 Å². The van der Waals surface area contributed by atoms with Crippen molar-refractivity contribution in [1.29, 1.82) is 0 Å². The number of hydrogen-bond donors (Lipinski definition) is 0. The molecule has 2 heterocycles. The van der Waals surface area contributed by atoms with E-state index in [1.165, 1.54) is 4.90 Å². The normalized spacial score (nSPS) is 25.6. The maximum atomic E-state index is 12.8. The van der Waals surface area contributed by atoms with Crippen molar-refractivity contribution >= 4 is 29.1 Å². The summed E-state index contributed by atoms with van der Waals surface area (Å²) in [6, 6.07) is 16.5. The monoisotopic (exact) mass is 356 g/mol. The van der Waals surface area contributed by atoms with Gasteiger partial charge < -0.3 is 0 Å². The van der Waals surface area contributed by atoms with Crippen LogP contribution in [0.25, 0.3) is 0 Å². The van der Waals surface area contributed by atoms with E-state index in [1.807, 2.05) is 42.5 Å². The SMILES string of the molecule is CCN1C(=O)[C@H]2[C@@H](c3ccccc3)N(c3ccc(Cl)cc3)O[C@H]2C1=O. The van der Waals surface area contributed by atoms with E-state index in [-0.39, 0.29) is 17.9 Å². The molecule has 0 aliphatic carbocycles. The smallest absolute Gasteiger partial charge is 0.261 e. The number of likely N-dealkylation sites (tertiary alicyclic amines) is 1. The van der Waals surface area contributed by atoms with E-state index in [1.54, 1.807) is 24.1 Å². The fourth-order valence-electron chi connectivity index (χ4n) is 3.58. The van der Waals surface area contributed by atoms with E-state index >= 15 is 0 Å². The molecule has 128 valence electrons. The van der Waals surface area contributed by atoms with Crippen LogP contribution in [0.5, 0.6) is 0 Å². The topological polar surface area (TPSA) is 49.9 Å². The van der Waals surface area contributed by atoms with Crippen LogP contribution in [0, 0.1) is 5.92 Å². The molecule has 0 aromatic heterocycles. The van der Waals surface area contributed by atoms with Gasteiger partial charge in [-0.05, 0) is 36.8 Å². The first-order chi connectivity index (χ1) is 12.1. The fraction of sp³-hybridized carbons (Fsp3) is 0.263. The number of hydrogen-bond acceptors (Lipinski definition) is 4. The van der Waals surface area contributed by atoms with Crippen LogP contribution in [-0.2, 0) is 14.4 Å². The molecule has 0 spiro atoms. The minimum Gasteiger partial charge on any atom is -0.280 e. The van der Waals surface area contributed by atoms with Crippen LogP contribution in [0.1, 0.15) is 18.5 Å². The molecule has 3 atom stereocenters. The average Bonchev–Trinajstić information content (AvgIpc) is 3.13. The van der Waals surface area contributed by atoms with Crippen molar-refractivity contribution in [3.8, 4) is 0 Å². The number of carbonyl (C=O) groups excluding carboxylic acids is 2. The van der Waals surface area contributed by atoms with Gasteiger partial charge in [0, 0.05) is 11.6 Å². The second-order valence-electron chi connectivity index (χ2n) is 6.13. The first kappa shape index (κ1) is 16.1. The highest BCUT2D eigenvalue weighted by atomic mass is 35.5. The number of nitrogens with zero attached hydrogens (tertiary/aromatic N) is 2. The van der Waals surface area contributed by atoms with Crippen LogP contribution in [0.3, 0.4) is 0 Å². The van der Waals surface area contributed by atoms with Crippen LogP contribution < -0.4 is 5.06 Å². The van der Waals surface area contributed by atoms with Crippen molar-refractivity contribution in [2.45, 2.75) is 19.1 Å². The Morgan fingerprint density at radius 3 is 2.32 bits per heavy atom. The van der Waals surface area contributed by atoms with Gasteiger partial charge in [0.25, 0.3) is 5.91 Å². The molecular formula is C19H17ClN2O3. The van der Waals surface area contributed by atoms with Gasteiger partial charge in [-0.2, -0.15) is 0 Å². The van der Waals surface area contributed by atoms with E-state index < -0.39 is 12.0 Å². The largest absolute Gasteiger partial charge is 0.280 e. The maximum absolute atomic E-state index is 12.8. The first-order valence-electron chi connectivity index (χ1n) is 8.23. The van der Waals surface area contributed by atoms with Gasteiger partial charge in [-0.25, -0.2) is 5.06 Å². The molecule has 0 radical (unpaired) electrons. The van der Waals surface area contributed by atoms with Gasteiger partial charge in [0.1, 0.15) is 5.92 Å². The number of benzene rings is 2. The highest BCUT2D eigenvalue weighted by Gasteiger charge is 2.59. The summed E-state index contributed by atoms with van der Waals surface area (Å²) in [5, 5.41) is 2.28. The maximum Gasteiger partial charge on any atom is 0.261 e. The molecule has 2 aliphatic rings. The molecule has 6 heteroatoms. The molecule has 2 aromatic carbocycles. The lowest BCUT2D eigenvalue weighted by atomic mass is 9.90. The fourth-order valence-corrected chi connectivity index (χ4v) is 3.71. The van der Waals surface area contributed by atoms with E-state index in [0.29, 0.717) is 11.6 Å². The summed E-state index contributed by atoms with van der Waals surface area (Å²) < 4.78 is 0. The zero-order valence-corrected chi connectivity index (χ0v) is 14.4. The lowest BCUT2D eigenvalue weighted by molar-refractivity contribution is -0.142. The first-order valence-corrected chi connectivity index (χ1v) is 8.61. The van der Waals surface area contributed by atoms with E-state index in [2.05, 4.69) is 0 Å². The molecule has 2 saturated heterocycles. The average molecular weight is 357 g/mol. The molecule has 25 heavy (non-hydrogen) atoms. The molecule has 2 fully saturated rings. The number of fused-ring (bicyclic) bond motifs is 1. The van der Waals surface area contributed by atoms with Crippen LogP contribution in [0.15, 0.2) is 54.6 Å². The third-order valence-electron chi connectivity index (χ3n) is 4.75. The van der Waals surface area contributed by atoms with Crippen molar-refractivity contribution in [2.75, 3.05) is 11.6 Å². The van der Waals surface area contributed by atoms with Crippen molar-refractivity contribution < 1.29 is 14.4 Å². The zero-order valence-electron chi connectivity index (χ0n) is 13.6. The Bertz CT molecular complexity index is 809. The summed E-state index contributed by atoms with van der Waals surface area (Å²) in [4.78, 5) is 32.6. The number of amides is 2. The number of anilines is 1. The summed E-state index contributed by atoms with van der Waals surface area (Å²) >= 11 is 5.98. The molecule has 0 bridgehead atoms. The van der Waals surface area contributed by atoms with Crippen molar-refractivity contribution in [3.63, 3.8) is 0 Å². The lowest BCUT2D eigenvalue weighted by Crippen LogP contribution is -2.37. The number of rotatable bonds is 3. The minimum absolute atomic E-state index is 0.178. The Morgan fingerprint density at radius 2 is 1.68 bits per heavy atom. The van der Waals surface area contributed by atoms with Crippen LogP contribution >= 0.6 is 11.6 Å². The Balaban J connectivity index is 1.79. The molecule has 2 aromatic rings. The molecule has 0 N–H and O–H groups in total. The Morgan fingerprint density at radius 1 is 1.00 bits per heavy atom. The van der Waals surface area contributed by atoms with Crippen molar-refractivity contribution in [1.82, 2.24) is 4.90 Å². The third-order valence-corrected chi connectivity index (χ3v) is 5.00.